The number of carbonyl (C=O) groups excluding carboxylic acids is 1. The molecule has 4 nitrogen and oxygen atoms in total. The fourth-order valence-corrected chi connectivity index (χ4v) is 3.30. The number of rotatable bonds is 5. The topological polar surface area (TPSA) is 55.6 Å². The molecule has 3 unspecified atom stereocenters. The van der Waals surface area contributed by atoms with Crippen LogP contribution >= 0.6 is 0 Å². The van der Waals surface area contributed by atoms with Crippen molar-refractivity contribution < 1.29 is 9.53 Å². The van der Waals surface area contributed by atoms with Gasteiger partial charge in [-0.1, -0.05) is 6.42 Å². The summed E-state index contributed by atoms with van der Waals surface area (Å²) in [6, 6.07) is 0. The Kier molecular flexibility index (Phi) is 4.28. The van der Waals surface area contributed by atoms with Crippen molar-refractivity contribution in [1.82, 2.24) is 4.90 Å². The number of hydrogen-bond acceptors (Lipinski definition) is 4. The van der Waals surface area contributed by atoms with Crippen molar-refractivity contribution in [3.05, 3.63) is 0 Å². The highest BCUT2D eigenvalue weighted by Gasteiger charge is 2.37. The van der Waals surface area contributed by atoms with Crippen LogP contribution in [-0.4, -0.2) is 42.6 Å². The van der Waals surface area contributed by atoms with E-state index in [-0.39, 0.29) is 5.97 Å². The van der Waals surface area contributed by atoms with Gasteiger partial charge in [-0.25, -0.2) is 0 Å². The first kappa shape index (κ1) is 13.8. The van der Waals surface area contributed by atoms with Crippen LogP contribution in [0.3, 0.4) is 0 Å². The molecule has 1 aliphatic carbocycles. The van der Waals surface area contributed by atoms with Crippen LogP contribution in [0.15, 0.2) is 0 Å². The molecule has 18 heavy (non-hydrogen) atoms. The van der Waals surface area contributed by atoms with Gasteiger partial charge in [-0.2, -0.15) is 0 Å². The van der Waals surface area contributed by atoms with Gasteiger partial charge < -0.3 is 15.4 Å². The Morgan fingerprint density at radius 3 is 2.56 bits per heavy atom. The SMILES string of the molecule is CCOC(=O)C(C)(N)CCN1CC2CCCC2C1. The van der Waals surface area contributed by atoms with E-state index in [9.17, 15) is 4.79 Å². The van der Waals surface area contributed by atoms with Gasteiger partial charge in [-0.15, -0.1) is 0 Å². The third kappa shape index (κ3) is 3.04. The van der Waals surface area contributed by atoms with E-state index in [0.717, 1.165) is 18.4 Å². The van der Waals surface area contributed by atoms with Crippen molar-refractivity contribution in [2.45, 2.75) is 45.1 Å². The Labute approximate surface area is 110 Å². The molecule has 2 rings (SSSR count). The molecule has 2 fully saturated rings. The van der Waals surface area contributed by atoms with Gasteiger partial charge in [0.2, 0.25) is 0 Å². The molecular weight excluding hydrogens is 228 g/mol. The van der Waals surface area contributed by atoms with Crippen LogP contribution in [0, 0.1) is 11.8 Å². The second-order valence-corrected chi connectivity index (χ2v) is 6.10. The Morgan fingerprint density at radius 1 is 1.39 bits per heavy atom. The maximum absolute atomic E-state index is 11.7. The Balaban J connectivity index is 1.76. The lowest BCUT2D eigenvalue weighted by atomic mass is 9.99. The van der Waals surface area contributed by atoms with Crippen LogP contribution in [0.2, 0.25) is 0 Å². The van der Waals surface area contributed by atoms with E-state index in [4.69, 9.17) is 10.5 Å². The Hall–Kier alpha value is -0.610. The number of nitrogens with two attached hydrogens (primary N) is 1. The normalized spacial score (nSPS) is 31.1. The zero-order valence-corrected chi connectivity index (χ0v) is 11.7. The molecule has 2 aliphatic rings. The molecule has 1 saturated carbocycles. The van der Waals surface area contributed by atoms with Gasteiger partial charge >= 0.3 is 5.97 Å². The van der Waals surface area contributed by atoms with Gasteiger partial charge in [0.05, 0.1) is 6.61 Å². The van der Waals surface area contributed by atoms with E-state index in [1.807, 2.05) is 6.92 Å². The predicted octanol–water partition coefficient (Wildman–Crippen LogP) is 1.39. The molecule has 1 aliphatic heterocycles. The summed E-state index contributed by atoms with van der Waals surface area (Å²) in [4.78, 5) is 14.2. The summed E-state index contributed by atoms with van der Waals surface area (Å²) in [5.74, 6) is 1.53. The van der Waals surface area contributed by atoms with Crippen molar-refractivity contribution in [3.63, 3.8) is 0 Å². The zero-order chi connectivity index (χ0) is 13.2. The lowest BCUT2D eigenvalue weighted by Crippen LogP contribution is -2.48. The summed E-state index contributed by atoms with van der Waals surface area (Å²) in [6.07, 6.45) is 4.86. The van der Waals surface area contributed by atoms with Crippen molar-refractivity contribution in [2.24, 2.45) is 17.6 Å². The minimum absolute atomic E-state index is 0.274. The van der Waals surface area contributed by atoms with Gasteiger partial charge in [0.25, 0.3) is 0 Å². The molecule has 0 spiro atoms. The molecule has 104 valence electrons. The third-order valence-corrected chi connectivity index (χ3v) is 4.49. The highest BCUT2D eigenvalue weighted by atomic mass is 16.5. The van der Waals surface area contributed by atoms with Crippen LogP contribution in [0.1, 0.15) is 39.5 Å². The number of likely N-dealkylation sites (tertiary alicyclic amines) is 1. The largest absolute Gasteiger partial charge is 0.465 e. The van der Waals surface area contributed by atoms with Gasteiger partial charge in [-0.3, -0.25) is 4.79 Å². The second kappa shape index (κ2) is 5.57. The van der Waals surface area contributed by atoms with Crippen molar-refractivity contribution in [2.75, 3.05) is 26.2 Å². The molecule has 0 aromatic carbocycles. The minimum atomic E-state index is -0.840. The van der Waals surface area contributed by atoms with Crippen molar-refractivity contribution in [1.29, 1.82) is 0 Å². The molecule has 2 N–H and O–H groups in total. The number of esters is 1. The van der Waals surface area contributed by atoms with E-state index >= 15 is 0 Å². The first-order chi connectivity index (χ1) is 8.53. The molecule has 0 bridgehead atoms. The van der Waals surface area contributed by atoms with Gasteiger partial charge in [0, 0.05) is 19.6 Å². The fraction of sp³-hybridized carbons (Fsp3) is 0.929. The van der Waals surface area contributed by atoms with Gasteiger partial charge in [0.1, 0.15) is 5.54 Å². The number of hydrogen-bond donors (Lipinski definition) is 1. The van der Waals surface area contributed by atoms with Crippen LogP contribution in [0.4, 0.5) is 0 Å². The van der Waals surface area contributed by atoms with E-state index in [1.165, 1.54) is 32.4 Å². The second-order valence-electron chi connectivity index (χ2n) is 6.10. The first-order valence-electron chi connectivity index (χ1n) is 7.21. The number of ether oxygens (including phenoxy) is 1. The van der Waals surface area contributed by atoms with Crippen LogP contribution in [0.25, 0.3) is 0 Å². The molecular formula is C14H26N2O2. The van der Waals surface area contributed by atoms with E-state index in [1.54, 1.807) is 6.92 Å². The molecule has 0 amide bonds. The maximum atomic E-state index is 11.7. The fourth-order valence-electron chi connectivity index (χ4n) is 3.30. The molecule has 3 atom stereocenters. The first-order valence-corrected chi connectivity index (χ1v) is 7.21. The third-order valence-electron chi connectivity index (χ3n) is 4.49. The smallest absolute Gasteiger partial charge is 0.325 e. The quantitative estimate of drug-likeness (QED) is 0.753. The molecule has 0 aromatic heterocycles. The molecule has 1 saturated heterocycles. The summed E-state index contributed by atoms with van der Waals surface area (Å²) in [7, 11) is 0. The summed E-state index contributed by atoms with van der Waals surface area (Å²) < 4.78 is 5.01. The predicted molar refractivity (Wildman–Crippen MR) is 71.1 cm³/mol. The number of fused-ring (bicyclic) bond motifs is 1. The lowest BCUT2D eigenvalue weighted by Gasteiger charge is -2.25. The number of carbonyl (C=O) groups is 1. The van der Waals surface area contributed by atoms with Crippen LogP contribution < -0.4 is 5.73 Å². The van der Waals surface area contributed by atoms with Crippen LogP contribution in [-0.2, 0) is 9.53 Å². The summed E-state index contributed by atoms with van der Waals surface area (Å²) in [5.41, 5.74) is 5.20. The Bertz CT molecular complexity index is 292. The van der Waals surface area contributed by atoms with E-state index in [2.05, 4.69) is 4.90 Å². The summed E-state index contributed by atoms with van der Waals surface area (Å²) in [5, 5.41) is 0. The van der Waals surface area contributed by atoms with Crippen molar-refractivity contribution >= 4 is 5.97 Å². The van der Waals surface area contributed by atoms with Crippen molar-refractivity contribution in [3.8, 4) is 0 Å². The minimum Gasteiger partial charge on any atom is -0.465 e. The molecule has 0 aromatic rings. The standard InChI is InChI=1S/C14H26N2O2/c1-3-18-13(17)14(2,15)7-8-16-9-11-5-4-6-12(11)10-16/h11-12H,3-10,15H2,1-2H3. The van der Waals surface area contributed by atoms with E-state index < -0.39 is 5.54 Å². The highest BCUT2D eigenvalue weighted by molar-refractivity contribution is 5.79. The summed E-state index contributed by atoms with van der Waals surface area (Å²) >= 11 is 0. The van der Waals surface area contributed by atoms with Gasteiger partial charge in [0.15, 0.2) is 0 Å². The zero-order valence-electron chi connectivity index (χ0n) is 11.7. The maximum Gasteiger partial charge on any atom is 0.325 e. The molecule has 4 heteroatoms. The molecule has 1 heterocycles. The number of nitrogens with zero attached hydrogens (tertiary/aromatic N) is 1. The van der Waals surface area contributed by atoms with Crippen LogP contribution in [0.5, 0.6) is 0 Å². The lowest BCUT2D eigenvalue weighted by molar-refractivity contribution is -0.149. The van der Waals surface area contributed by atoms with Gasteiger partial charge in [-0.05, 0) is 44.9 Å². The van der Waals surface area contributed by atoms with E-state index in [0.29, 0.717) is 13.0 Å². The highest BCUT2D eigenvalue weighted by Crippen LogP contribution is 2.37. The average Bonchev–Trinajstić information content (AvgIpc) is 2.86. The summed E-state index contributed by atoms with van der Waals surface area (Å²) in [6.45, 7) is 7.31. The Morgan fingerprint density at radius 2 is 2.00 bits per heavy atom. The average molecular weight is 254 g/mol. The molecule has 0 radical (unpaired) electrons. The monoisotopic (exact) mass is 254 g/mol.